The van der Waals surface area contributed by atoms with Gasteiger partial charge < -0.3 is 5.32 Å². The highest BCUT2D eigenvalue weighted by Gasteiger charge is 2.16. The molecule has 0 aliphatic carbocycles. The Morgan fingerprint density at radius 2 is 2.12 bits per heavy atom. The van der Waals surface area contributed by atoms with Gasteiger partial charge in [0.2, 0.25) is 5.91 Å². The van der Waals surface area contributed by atoms with E-state index in [0.29, 0.717) is 22.2 Å². The number of anilines is 1. The molecule has 0 aliphatic heterocycles. The van der Waals surface area contributed by atoms with Crippen molar-refractivity contribution >= 4 is 23.2 Å². The van der Waals surface area contributed by atoms with Crippen LogP contribution in [0.3, 0.4) is 0 Å². The van der Waals surface area contributed by atoms with E-state index in [4.69, 9.17) is 16.9 Å². The zero-order chi connectivity index (χ0) is 17.9. The largest absolute Gasteiger partial charge is 0.326 e. The third-order valence-corrected chi connectivity index (χ3v) is 4.09. The van der Waals surface area contributed by atoms with Crippen LogP contribution in [0.25, 0.3) is 0 Å². The van der Waals surface area contributed by atoms with E-state index in [9.17, 15) is 4.79 Å². The lowest BCUT2D eigenvalue weighted by Gasteiger charge is -2.09. The van der Waals surface area contributed by atoms with Gasteiger partial charge >= 0.3 is 0 Å². The Labute approximate surface area is 147 Å². The molecule has 0 bridgehead atoms. The fourth-order valence-corrected chi connectivity index (χ4v) is 2.79. The number of nitrogens with one attached hydrogen (secondary N) is 1. The number of aromatic nitrogens is 2. The van der Waals surface area contributed by atoms with Crippen LogP contribution in [0.5, 0.6) is 0 Å². The van der Waals surface area contributed by atoms with Gasteiger partial charge in [0.15, 0.2) is 0 Å². The highest BCUT2D eigenvalue weighted by Crippen LogP contribution is 2.21. The molecule has 0 atom stereocenters. The normalized spacial score (nSPS) is 10.7. The van der Waals surface area contributed by atoms with Gasteiger partial charge in [0.1, 0.15) is 6.07 Å². The standard InChI is InChI=1S/C18H21ClN4O/c1-11(2)10-23-13(4)16(12(3)22-23)8-18(24)21-15-6-5-14(9-20)17(19)7-15/h5-7,11H,8,10H2,1-4H3,(H,21,24). The summed E-state index contributed by atoms with van der Waals surface area (Å²) < 4.78 is 1.96. The molecule has 0 fully saturated rings. The van der Waals surface area contributed by atoms with Gasteiger partial charge in [0.05, 0.1) is 22.7 Å². The van der Waals surface area contributed by atoms with E-state index in [-0.39, 0.29) is 12.3 Å². The van der Waals surface area contributed by atoms with Crippen LogP contribution in [0.15, 0.2) is 18.2 Å². The Hall–Kier alpha value is -2.32. The molecule has 0 saturated carbocycles. The van der Waals surface area contributed by atoms with Crippen molar-refractivity contribution in [1.29, 1.82) is 5.26 Å². The predicted octanol–water partition coefficient (Wildman–Crippen LogP) is 3.86. The molecule has 1 N–H and O–H groups in total. The third kappa shape index (κ3) is 4.15. The minimum Gasteiger partial charge on any atom is -0.326 e. The first kappa shape index (κ1) is 18.0. The second kappa shape index (κ2) is 7.50. The number of hydrogen-bond donors (Lipinski definition) is 1. The Morgan fingerprint density at radius 3 is 2.71 bits per heavy atom. The number of nitrogens with zero attached hydrogens (tertiary/aromatic N) is 3. The lowest BCUT2D eigenvalue weighted by atomic mass is 10.1. The summed E-state index contributed by atoms with van der Waals surface area (Å²) in [5, 5.41) is 16.6. The van der Waals surface area contributed by atoms with E-state index in [0.717, 1.165) is 23.5 Å². The van der Waals surface area contributed by atoms with Crippen molar-refractivity contribution in [3.63, 3.8) is 0 Å². The zero-order valence-corrected chi connectivity index (χ0v) is 15.1. The van der Waals surface area contributed by atoms with Gasteiger partial charge in [-0.15, -0.1) is 0 Å². The van der Waals surface area contributed by atoms with E-state index >= 15 is 0 Å². The second-order valence-corrected chi connectivity index (χ2v) is 6.66. The lowest BCUT2D eigenvalue weighted by molar-refractivity contribution is -0.115. The maximum absolute atomic E-state index is 12.3. The molecule has 1 heterocycles. The molecule has 0 unspecified atom stereocenters. The highest BCUT2D eigenvalue weighted by atomic mass is 35.5. The maximum Gasteiger partial charge on any atom is 0.228 e. The number of halogens is 1. The molecule has 126 valence electrons. The number of hydrogen-bond acceptors (Lipinski definition) is 3. The summed E-state index contributed by atoms with van der Waals surface area (Å²) in [6.07, 6.45) is 0.257. The van der Waals surface area contributed by atoms with Gasteiger partial charge in [0, 0.05) is 23.5 Å². The van der Waals surface area contributed by atoms with E-state index < -0.39 is 0 Å². The molecule has 0 saturated heterocycles. The van der Waals surface area contributed by atoms with Gasteiger partial charge in [-0.2, -0.15) is 10.4 Å². The molecule has 1 amide bonds. The first-order valence-electron chi connectivity index (χ1n) is 7.84. The summed E-state index contributed by atoms with van der Waals surface area (Å²) in [6.45, 7) is 9.02. The summed E-state index contributed by atoms with van der Waals surface area (Å²) >= 11 is 5.99. The Balaban J connectivity index is 2.12. The first-order chi connectivity index (χ1) is 11.3. The van der Waals surface area contributed by atoms with E-state index in [1.165, 1.54) is 0 Å². The van der Waals surface area contributed by atoms with Gasteiger partial charge in [-0.25, -0.2) is 0 Å². The molecule has 6 heteroatoms. The fourth-order valence-electron chi connectivity index (χ4n) is 2.56. The summed E-state index contributed by atoms with van der Waals surface area (Å²) in [5.74, 6) is 0.358. The molecule has 1 aromatic carbocycles. The smallest absolute Gasteiger partial charge is 0.228 e. The second-order valence-electron chi connectivity index (χ2n) is 6.26. The lowest BCUT2D eigenvalue weighted by Crippen LogP contribution is -2.15. The molecule has 2 rings (SSSR count). The molecular weight excluding hydrogens is 324 g/mol. The fraction of sp³-hybridized carbons (Fsp3) is 0.389. The Bertz CT molecular complexity index is 802. The quantitative estimate of drug-likeness (QED) is 0.895. The number of aryl methyl sites for hydroxylation is 1. The Kier molecular flexibility index (Phi) is 5.63. The molecule has 0 aliphatic rings. The molecule has 5 nitrogen and oxygen atoms in total. The number of carbonyl (C=O) groups excluding carboxylic acids is 1. The minimum atomic E-state index is -0.133. The van der Waals surface area contributed by atoms with Gasteiger partial charge in [-0.3, -0.25) is 9.48 Å². The van der Waals surface area contributed by atoms with Crippen molar-refractivity contribution in [2.75, 3.05) is 5.32 Å². The van der Waals surface area contributed by atoms with Crippen molar-refractivity contribution in [3.8, 4) is 6.07 Å². The molecule has 0 radical (unpaired) electrons. The topological polar surface area (TPSA) is 70.7 Å². The van der Waals surface area contributed by atoms with E-state index in [2.05, 4.69) is 24.3 Å². The Morgan fingerprint density at radius 1 is 1.42 bits per heavy atom. The van der Waals surface area contributed by atoms with Crippen LogP contribution in [0.4, 0.5) is 5.69 Å². The summed E-state index contributed by atoms with van der Waals surface area (Å²) in [6, 6.07) is 6.84. The van der Waals surface area contributed by atoms with Crippen molar-refractivity contribution in [1.82, 2.24) is 9.78 Å². The van der Waals surface area contributed by atoms with Gasteiger partial charge in [0.25, 0.3) is 0 Å². The number of benzene rings is 1. The third-order valence-electron chi connectivity index (χ3n) is 3.78. The number of rotatable bonds is 5. The average molecular weight is 345 g/mol. The van der Waals surface area contributed by atoms with Crippen molar-refractivity contribution < 1.29 is 4.79 Å². The van der Waals surface area contributed by atoms with Crippen LogP contribution in [0.2, 0.25) is 5.02 Å². The molecule has 2 aromatic rings. The summed E-state index contributed by atoms with van der Waals surface area (Å²) in [7, 11) is 0. The molecule has 24 heavy (non-hydrogen) atoms. The van der Waals surface area contributed by atoms with Crippen LogP contribution in [-0.4, -0.2) is 15.7 Å². The minimum absolute atomic E-state index is 0.133. The number of amides is 1. The maximum atomic E-state index is 12.3. The molecular formula is C18H21ClN4O. The van der Waals surface area contributed by atoms with Crippen LogP contribution < -0.4 is 5.32 Å². The van der Waals surface area contributed by atoms with Crippen molar-refractivity contribution in [2.24, 2.45) is 5.92 Å². The van der Waals surface area contributed by atoms with E-state index in [1.54, 1.807) is 18.2 Å². The van der Waals surface area contributed by atoms with Gasteiger partial charge in [-0.1, -0.05) is 25.4 Å². The van der Waals surface area contributed by atoms with E-state index in [1.807, 2.05) is 24.6 Å². The SMILES string of the molecule is Cc1nn(CC(C)C)c(C)c1CC(=O)Nc1ccc(C#N)c(Cl)c1. The van der Waals surface area contributed by atoms with Crippen LogP contribution in [-0.2, 0) is 17.8 Å². The summed E-state index contributed by atoms with van der Waals surface area (Å²) in [5.41, 5.74) is 3.81. The molecule has 0 spiro atoms. The monoisotopic (exact) mass is 344 g/mol. The van der Waals surface area contributed by atoms with Crippen LogP contribution in [0, 0.1) is 31.1 Å². The number of carbonyl (C=O) groups is 1. The first-order valence-corrected chi connectivity index (χ1v) is 8.22. The predicted molar refractivity (Wildman–Crippen MR) is 95.0 cm³/mol. The van der Waals surface area contributed by atoms with Crippen molar-refractivity contribution in [3.05, 3.63) is 45.7 Å². The highest BCUT2D eigenvalue weighted by molar-refractivity contribution is 6.32. The van der Waals surface area contributed by atoms with Crippen LogP contribution in [0.1, 0.15) is 36.4 Å². The van der Waals surface area contributed by atoms with Crippen LogP contribution >= 0.6 is 11.6 Å². The van der Waals surface area contributed by atoms with Gasteiger partial charge in [-0.05, 0) is 38.0 Å². The zero-order valence-electron chi connectivity index (χ0n) is 14.4. The summed E-state index contributed by atoms with van der Waals surface area (Å²) in [4.78, 5) is 12.3. The molecule has 1 aromatic heterocycles. The average Bonchev–Trinajstić information content (AvgIpc) is 2.74. The number of nitriles is 1. The van der Waals surface area contributed by atoms with Crippen molar-refractivity contribution in [2.45, 2.75) is 40.7 Å².